The van der Waals surface area contributed by atoms with Gasteiger partial charge in [0.2, 0.25) is 0 Å². The molecule has 0 fully saturated rings. The fraction of sp³-hybridized carbons (Fsp3) is 0.316. The number of aromatic nitrogens is 1. The molecular weight excluding hydrogens is 314 g/mol. The first-order valence-corrected chi connectivity index (χ1v) is 8.55. The van der Waals surface area contributed by atoms with E-state index in [1.165, 1.54) is 0 Å². The van der Waals surface area contributed by atoms with Crippen molar-refractivity contribution in [3.63, 3.8) is 0 Å². The largest absolute Gasteiger partial charge is 0.490 e. The van der Waals surface area contributed by atoms with E-state index in [0.717, 1.165) is 41.7 Å². The second-order valence-corrected chi connectivity index (χ2v) is 5.86. The molecule has 1 aromatic carbocycles. The Balaban J connectivity index is 1.92. The van der Waals surface area contributed by atoms with Crippen LogP contribution in [0.2, 0.25) is 0 Å². The summed E-state index contributed by atoms with van der Waals surface area (Å²) in [6.07, 6.45) is 3.64. The van der Waals surface area contributed by atoms with Crippen molar-refractivity contribution in [3.05, 3.63) is 54.5 Å². The number of anilines is 3. The fourth-order valence-electron chi connectivity index (χ4n) is 3.03. The molecule has 0 amide bonds. The minimum absolute atomic E-state index is 0.663. The van der Waals surface area contributed by atoms with Crippen LogP contribution in [-0.2, 0) is 0 Å². The SMILES string of the molecule is CCN(c1ccc2c(c1)N(C/C(N)=C/NC)CCO2)c1ccccn1. The van der Waals surface area contributed by atoms with Gasteiger partial charge in [0.1, 0.15) is 18.2 Å². The van der Waals surface area contributed by atoms with E-state index >= 15 is 0 Å². The second kappa shape index (κ2) is 7.79. The average Bonchev–Trinajstić information content (AvgIpc) is 2.64. The highest BCUT2D eigenvalue weighted by Crippen LogP contribution is 2.36. The average molecular weight is 339 g/mol. The molecule has 0 atom stereocenters. The number of pyridine rings is 1. The maximum atomic E-state index is 6.08. The summed E-state index contributed by atoms with van der Waals surface area (Å²) < 4.78 is 5.82. The minimum atomic E-state index is 0.663. The summed E-state index contributed by atoms with van der Waals surface area (Å²) in [6, 6.07) is 12.2. The van der Waals surface area contributed by atoms with Crippen molar-refractivity contribution in [1.29, 1.82) is 0 Å². The second-order valence-electron chi connectivity index (χ2n) is 5.86. The number of nitrogens with two attached hydrogens (primary N) is 1. The highest BCUT2D eigenvalue weighted by molar-refractivity contribution is 5.71. The molecule has 6 nitrogen and oxygen atoms in total. The van der Waals surface area contributed by atoms with Crippen LogP contribution in [0.1, 0.15) is 6.92 Å². The van der Waals surface area contributed by atoms with Gasteiger partial charge in [-0.25, -0.2) is 4.98 Å². The van der Waals surface area contributed by atoms with Gasteiger partial charge >= 0.3 is 0 Å². The summed E-state index contributed by atoms with van der Waals surface area (Å²) in [7, 11) is 1.85. The predicted octanol–water partition coefficient (Wildman–Crippen LogP) is 2.46. The van der Waals surface area contributed by atoms with Crippen LogP contribution in [0.5, 0.6) is 5.75 Å². The summed E-state index contributed by atoms with van der Waals surface area (Å²) in [4.78, 5) is 8.90. The normalized spacial score (nSPS) is 13.8. The molecule has 0 radical (unpaired) electrons. The molecule has 3 N–H and O–H groups in total. The first-order valence-electron chi connectivity index (χ1n) is 8.55. The molecular formula is C19H25N5O. The molecule has 1 aliphatic heterocycles. The van der Waals surface area contributed by atoms with E-state index < -0.39 is 0 Å². The predicted molar refractivity (Wildman–Crippen MR) is 102 cm³/mol. The van der Waals surface area contributed by atoms with Crippen molar-refractivity contribution in [2.75, 3.05) is 43.1 Å². The molecule has 2 aromatic rings. The number of hydrogen-bond donors (Lipinski definition) is 2. The zero-order chi connectivity index (χ0) is 17.6. The van der Waals surface area contributed by atoms with E-state index in [9.17, 15) is 0 Å². The standard InChI is InChI=1S/C19H25N5O/c1-3-24(19-6-4-5-9-22-19)16-7-8-18-17(12-16)23(10-11-25-18)14-15(20)13-21-2/h4-9,12-13,21H,3,10-11,14,20H2,1-2H3/b15-13-. The van der Waals surface area contributed by atoms with Gasteiger partial charge in [0.15, 0.2) is 0 Å². The fourth-order valence-corrected chi connectivity index (χ4v) is 3.03. The number of nitrogens with one attached hydrogen (secondary N) is 1. The lowest BCUT2D eigenvalue weighted by Gasteiger charge is -2.33. The monoisotopic (exact) mass is 339 g/mol. The highest BCUT2D eigenvalue weighted by atomic mass is 16.5. The molecule has 132 valence electrons. The Morgan fingerprint density at radius 2 is 2.28 bits per heavy atom. The molecule has 0 saturated carbocycles. The van der Waals surface area contributed by atoms with Crippen LogP contribution in [0.4, 0.5) is 17.2 Å². The van der Waals surface area contributed by atoms with E-state index in [4.69, 9.17) is 10.5 Å². The quantitative estimate of drug-likeness (QED) is 0.843. The van der Waals surface area contributed by atoms with Gasteiger partial charge in [-0.15, -0.1) is 0 Å². The third-order valence-electron chi connectivity index (χ3n) is 4.16. The van der Waals surface area contributed by atoms with Crippen molar-refractivity contribution >= 4 is 17.2 Å². The molecule has 6 heteroatoms. The summed E-state index contributed by atoms with van der Waals surface area (Å²) in [5.41, 5.74) is 9.02. The summed E-state index contributed by atoms with van der Waals surface area (Å²) in [6.45, 7) is 5.09. The van der Waals surface area contributed by atoms with Gasteiger partial charge in [0.05, 0.1) is 18.8 Å². The van der Waals surface area contributed by atoms with Crippen LogP contribution in [0.3, 0.4) is 0 Å². The molecule has 2 heterocycles. The molecule has 0 unspecified atom stereocenters. The number of ether oxygens (including phenoxy) is 1. The molecule has 3 rings (SSSR count). The topological polar surface area (TPSA) is 66.7 Å². The summed E-state index contributed by atoms with van der Waals surface area (Å²) in [5.74, 6) is 1.83. The van der Waals surface area contributed by atoms with Crippen LogP contribution in [0.15, 0.2) is 54.5 Å². The Morgan fingerprint density at radius 1 is 1.40 bits per heavy atom. The van der Waals surface area contributed by atoms with Gasteiger partial charge in [-0.1, -0.05) is 6.07 Å². The number of hydrogen-bond acceptors (Lipinski definition) is 6. The van der Waals surface area contributed by atoms with Crippen LogP contribution in [-0.4, -0.2) is 38.3 Å². The van der Waals surface area contributed by atoms with Crippen LogP contribution >= 0.6 is 0 Å². The molecule has 25 heavy (non-hydrogen) atoms. The maximum Gasteiger partial charge on any atom is 0.142 e. The Kier molecular flexibility index (Phi) is 5.28. The number of benzene rings is 1. The number of fused-ring (bicyclic) bond motifs is 1. The number of nitrogens with zero attached hydrogens (tertiary/aromatic N) is 3. The summed E-state index contributed by atoms with van der Waals surface area (Å²) in [5, 5.41) is 2.98. The van der Waals surface area contributed by atoms with Gasteiger partial charge < -0.3 is 25.6 Å². The lowest BCUT2D eigenvalue weighted by molar-refractivity contribution is 0.309. The Hall–Kier alpha value is -2.89. The van der Waals surface area contributed by atoms with Gasteiger partial charge in [0.25, 0.3) is 0 Å². The molecule has 0 bridgehead atoms. The van der Waals surface area contributed by atoms with Crippen LogP contribution < -0.4 is 25.6 Å². The Morgan fingerprint density at radius 3 is 3.00 bits per heavy atom. The van der Waals surface area contributed by atoms with Gasteiger partial charge in [-0.05, 0) is 37.3 Å². The van der Waals surface area contributed by atoms with Gasteiger partial charge in [-0.2, -0.15) is 0 Å². The third-order valence-corrected chi connectivity index (χ3v) is 4.16. The minimum Gasteiger partial charge on any atom is -0.490 e. The zero-order valence-electron chi connectivity index (χ0n) is 14.8. The van der Waals surface area contributed by atoms with Crippen molar-refractivity contribution in [1.82, 2.24) is 10.3 Å². The van der Waals surface area contributed by atoms with Gasteiger partial charge in [0, 0.05) is 37.4 Å². The molecule has 0 saturated heterocycles. The number of rotatable bonds is 6. The van der Waals surface area contributed by atoms with Crippen molar-refractivity contribution in [3.8, 4) is 5.75 Å². The first-order chi connectivity index (χ1) is 12.2. The third kappa shape index (κ3) is 3.79. The van der Waals surface area contributed by atoms with E-state index in [2.05, 4.69) is 39.2 Å². The maximum absolute atomic E-state index is 6.08. The molecule has 0 aliphatic carbocycles. The van der Waals surface area contributed by atoms with E-state index in [0.29, 0.717) is 13.2 Å². The molecule has 1 aromatic heterocycles. The van der Waals surface area contributed by atoms with Crippen LogP contribution in [0, 0.1) is 0 Å². The van der Waals surface area contributed by atoms with Crippen molar-refractivity contribution in [2.45, 2.75) is 6.92 Å². The molecule has 1 aliphatic rings. The Labute approximate surface area is 148 Å². The molecule has 0 spiro atoms. The van der Waals surface area contributed by atoms with Gasteiger partial charge in [-0.3, -0.25) is 0 Å². The summed E-state index contributed by atoms with van der Waals surface area (Å²) >= 11 is 0. The van der Waals surface area contributed by atoms with E-state index in [1.54, 1.807) is 0 Å². The first kappa shape index (κ1) is 17.0. The van der Waals surface area contributed by atoms with Crippen molar-refractivity contribution < 1.29 is 4.74 Å². The van der Waals surface area contributed by atoms with Crippen molar-refractivity contribution in [2.24, 2.45) is 5.73 Å². The lowest BCUT2D eigenvalue weighted by Crippen LogP contribution is -2.36. The highest BCUT2D eigenvalue weighted by Gasteiger charge is 2.20. The van der Waals surface area contributed by atoms with E-state index in [1.807, 2.05) is 43.7 Å². The lowest BCUT2D eigenvalue weighted by atomic mass is 10.2. The van der Waals surface area contributed by atoms with E-state index in [-0.39, 0.29) is 0 Å². The smallest absolute Gasteiger partial charge is 0.142 e. The van der Waals surface area contributed by atoms with Crippen LogP contribution in [0.25, 0.3) is 0 Å². The zero-order valence-corrected chi connectivity index (χ0v) is 14.8. The Bertz CT molecular complexity index is 732.